The van der Waals surface area contributed by atoms with Crippen molar-refractivity contribution in [2.75, 3.05) is 40.9 Å². The van der Waals surface area contributed by atoms with Gasteiger partial charge in [0.25, 0.3) is 0 Å². The Morgan fingerprint density at radius 3 is 2.64 bits per heavy atom. The quantitative estimate of drug-likeness (QED) is 0.685. The Labute approximate surface area is 167 Å². The van der Waals surface area contributed by atoms with Gasteiger partial charge >= 0.3 is 0 Å². The third-order valence-corrected chi connectivity index (χ3v) is 5.66. The molecule has 0 radical (unpaired) electrons. The van der Waals surface area contributed by atoms with E-state index in [1.54, 1.807) is 26.4 Å². The molecule has 2 aromatic rings. The van der Waals surface area contributed by atoms with Crippen LogP contribution in [0.15, 0.2) is 42.5 Å². The summed E-state index contributed by atoms with van der Waals surface area (Å²) in [4.78, 5) is 4.81. The van der Waals surface area contributed by atoms with Gasteiger partial charge in [0.2, 0.25) is 0 Å². The van der Waals surface area contributed by atoms with Crippen molar-refractivity contribution in [2.45, 2.75) is 31.8 Å². The molecule has 0 amide bonds. The molecule has 0 spiro atoms. The van der Waals surface area contributed by atoms with E-state index in [0.717, 1.165) is 49.5 Å². The predicted octanol–water partition coefficient (Wildman–Crippen LogP) is 3.98. The first-order valence-corrected chi connectivity index (χ1v) is 9.97. The van der Waals surface area contributed by atoms with Crippen molar-refractivity contribution in [3.63, 3.8) is 0 Å². The molecule has 28 heavy (non-hydrogen) atoms. The first kappa shape index (κ1) is 20.6. The largest absolute Gasteiger partial charge is 0.493 e. The number of methoxy groups -OCH3 is 2. The third kappa shape index (κ3) is 5.24. The van der Waals surface area contributed by atoms with E-state index >= 15 is 0 Å². The topological polar surface area (TPSA) is 24.9 Å². The SMILES string of the molecule is COc1ccc(CCN(C)C2CCCN(Cc3ccccc3F)C2)cc1OC. The van der Waals surface area contributed by atoms with Gasteiger partial charge in [-0.25, -0.2) is 4.39 Å². The van der Waals surface area contributed by atoms with Crippen LogP contribution in [-0.4, -0.2) is 56.7 Å². The molecule has 1 fully saturated rings. The van der Waals surface area contributed by atoms with Gasteiger partial charge in [-0.05, 0) is 56.6 Å². The van der Waals surface area contributed by atoms with Crippen molar-refractivity contribution < 1.29 is 13.9 Å². The first-order valence-electron chi connectivity index (χ1n) is 9.97. The van der Waals surface area contributed by atoms with Crippen LogP contribution in [0.25, 0.3) is 0 Å². The van der Waals surface area contributed by atoms with Crippen LogP contribution in [-0.2, 0) is 13.0 Å². The summed E-state index contributed by atoms with van der Waals surface area (Å²) in [5.41, 5.74) is 2.03. The summed E-state index contributed by atoms with van der Waals surface area (Å²) in [6.45, 7) is 3.69. The molecule has 0 aliphatic carbocycles. The molecule has 152 valence electrons. The van der Waals surface area contributed by atoms with Crippen LogP contribution in [0, 0.1) is 5.82 Å². The van der Waals surface area contributed by atoms with E-state index in [4.69, 9.17) is 9.47 Å². The van der Waals surface area contributed by atoms with Gasteiger partial charge in [0.1, 0.15) is 5.82 Å². The fourth-order valence-corrected chi connectivity index (χ4v) is 3.93. The number of likely N-dealkylation sites (N-methyl/N-ethyl adjacent to an activating group) is 1. The highest BCUT2D eigenvalue weighted by Crippen LogP contribution is 2.28. The van der Waals surface area contributed by atoms with Crippen LogP contribution in [0.3, 0.4) is 0 Å². The van der Waals surface area contributed by atoms with E-state index in [1.807, 2.05) is 18.2 Å². The molecule has 1 atom stereocenters. The second-order valence-electron chi connectivity index (χ2n) is 7.54. The molecule has 1 saturated heterocycles. The Kier molecular flexibility index (Phi) is 7.29. The molecule has 2 aromatic carbocycles. The summed E-state index contributed by atoms with van der Waals surface area (Å²) in [5, 5.41) is 0. The number of ether oxygens (including phenoxy) is 2. The highest BCUT2D eigenvalue weighted by Gasteiger charge is 2.23. The van der Waals surface area contributed by atoms with Gasteiger partial charge in [-0.1, -0.05) is 24.3 Å². The average Bonchev–Trinajstić information content (AvgIpc) is 2.73. The number of hydrogen-bond donors (Lipinski definition) is 0. The smallest absolute Gasteiger partial charge is 0.160 e. The molecular formula is C23H31FN2O2. The summed E-state index contributed by atoms with van der Waals surface area (Å²) >= 11 is 0. The lowest BCUT2D eigenvalue weighted by atomic mass is 10.0. The minimum Gasteiger partial charge on any atom is -0.493 e. The second-order valence-corrected chi connectivity index (χ2v) is 7.54. The van der Waals surface area contributed by atoms with Crippen LogP contribution in [0.5, 0.6) is 11.5 Å². The van der Waals surface area contributed by atoms with Crippen molar-refractivity contribution in [1.29, 1.82) is 0 Å². The molecule has 1 unspecified atom stereocenters. The summed E-state index contributed by atoms with van der Waals surface area (Å²) in [7, 11) is 5.51. The number of nitrogens with zero attached hydrogens (tertiary/aromatic N) is 2. The molecule has 0 aromatic heterocycles. The molecule has 1 heterocycles. The molecule has 0 saturated carbocycles. The Morgan fingerprint density at radius 1 is 1.11 bits per heavy atom. The Hall–Kier alpha value is -2.11. The molecule has 1 aliphatic rings. The summed E-state index contributed by atoms with van der Waals surface area (Å²) in [6, 6.07) is 13.7. The molecule has 5 heteroatoms. The summed E-state index contributed by atoms with van der Waals surface area (Å²) in [5.74, 6) is 1.43. The number of likely N-dealkylation sites (tertiary alicyclic amines) is 1. The zero-order chi connectivity index (χ0) is 19.9. The maximum absolute atomic E-state index is 14.0. The van der Waals surface area contributed by atoms with E-state index in [1.165, 1.54) is 12.0 Å². The molecule has 4 nitrogen and oxygen atoms in total. The number of halogens is 1. The molecule has 3 rings (SSSR count). The highest BCUT2D eigenvalue weighted by atomic mass is 19.1. The lowest BCUT2D eigenvalue weighted by Gasteiger charge is -2.37. The monoisotopic (exact) mass is 386 g/mol. The van der Waals surface area contributed by atoms with Crippen molar-refractivity contribution in [3.8, 4) is 11.5 Å². The normalized spacial score (nSPS) is 17.7. The summed E-state index contributed by atoms with van der Waals surface area (Å²) in [6.07, 6.45) is 3.30. The zero-order valence-corrected chi connectivity index (χ0v) is 17.2. The lowest BCUT2D eigenvalue weighted by Crippen LogP contribution is -2.46. The van der Waals surface area contributed by atoms with E-state index in [9.17, 15) is 4.39 Å². The van der Waals surface area contributed by atoms with Gasteiger partial charge in [-0.3, -0.25) is 4.90 Å². The van der Waals surface area contributed by atoms with Gasteiger partial charge in [-0.15, -0.1) is 0 Å². The first-order chi connectivity index (χ1) is 13.6. The van der Waals surface area contributed by atoms with Crippen LogP contribution >= 0.6 is 0 Å². The maximum atomic E-state index is 14.0. The van der Waals surface area contributed by atoms with Crippen LogP contribution in [0.1, 0.15) is 24.0 Å². The van der Waals surface area contributed by atoms with E-state index in [-0.39, 0.29) is 5.82 Å². The molecule has 0 bridgehead atoms. The average molecular weight is 387 g/mol. The lowest BCUT2D eigenvalue weighted by molar-refractivity contribution is 0.111. The zero-order valence-electron chi connectivity index (χ0n) is 17.2. The van der Waals surface area contributed by atoms with Crippen molar-refractivity contribution in [2.24, 2.45) is 0 Å². The molecular weight excluding hydrogens is 355 g/mol. The van der Waals surface area contributed by atoms with Gasteiger partial charge in [0, 0.05) is 31.2 Å². The second kappa shape index (κ2) is 9.89. The van der Waals surface area contributed by atoms with Crippen molar-refractivity contribution in [3.05, 3.63) is 59.4 Å². The standard InChI is InChI=1S/C23H31FN2O2/c1-25(14-12-18-10-11-22(27-2)23(15-18)28-3)20-8-6-13-26(17-20)16-19-7-4-5-9-21(19)24/h4-5,7,9-11,15,20H,6,8,12-14,16-17H2,1-3H3. The van der Waals surface area contributed by atoms with Crippen LogP contribution < -0.4 is 9.47 Å². The van der Waals surface area contributed by atoms with Gasteiger partial charge in [0.15, 0.2) is 11.5 Å². The minimum absolute atomic E-state index is 0.105. The van der Waals surface area contributed by atoms with Crippen molar-refractivity contribution >= 4 is 0 Å². The van der Waals surface area contributed by atoms with Gasteiger partial charge in [-0.2, -0.15) is 0 Å². The Morgan fingerprint density at radius 2 is 1.89 bits per heavy atom. The van der Waals surface area contributed by atoms with Crippen LogP contribution in [0.4, 0.5) is 4.39 Å². The number of rotatable bonds is 8. The van der Waals surface area contributed by atoms with Crippen molar-refractivity contribution in [1.82, 2.24) is 9.80 Å². The Balaban J connectivity index is 1.54. The summed E-state index contributed by atoms with van der Waals surface area (Å²) < 4.78 is 24.7. The van der Waals surface area contributed by atoms with Gasteiger partial charge < -0.3 is 14.4 Å². The van der Waals surface area contributed by atoms with E-state index < -0.39 is 0 Å². The molecule has 1 aliphatic heterocycles. The third-order valence-electron chi connectivity index (χ3n) is 5.66. The fraction of sp³-hybridized carbons (Fsp3) is 0.478. The fourth-order valence-electron chi connectivity index (χ4n) is 3.93. The Bertz CT molecular complexity index is 768. The van der Waals surface area contributed by atoms with E-state index in [0.29, 0.717) is 12.6 Å². The highest BCUT2D eigenvalue weighted by molar-refractivity contribution is 5.42. The molecule has 0 N–H and O–H groups in total. The van der Waals surface area contributed by atoms with Gasteiger partial charge in [0.05, 0.1) is 14.2 Å². The minimum atomic E-state index is -0.105. The number of hydrogen-bond acceptors (Lipinski definition) is 4. The number of benzene rings is 2. The predicted molar refractivity (Wildman–Crippen MR) is 111 cm³/mol. The van der Waals surface area contributed by atoms with E-state index in [2.05, 4.69) is 29.0 Å². The number of piperidine rings is 1. The maximum Gasteiger partial charge on any atom is 0.160 e. The van der Waals surface area contributed by atoms with Crippen LogP contribution in [0.2, 0.25) is 0 Å².